The Hall–Kier alpha value is -2.04. The van der Waals surface area contributed by atoms with Crippen LogP contribution in [0.3, 0.4) is 0 Å². The van der Waals surface area contributed by atoms with Crippen molar-refractivity contribution < 1.29 is 19.1 Å². The zero-order valence-corrected chi connectivity index (χ0v) is 10.6. The number of carboxylic acids is 1. The van der Waals surface area contributed by atoms with Crippen molar-refractivity contribution in [3.8, 4) is 6.08 Å². The molecule has 1 aromatic carbocycles. The Morgan fingerprint density at radius 2 is 2.37 bits per heavy atom. The van der Waals surface area contributed by atoms with Gasteiger partial charge in [0.15, 0.2) is 5.58 Å². The van der Waals surface area contributed by atoms with E-state index in [0.717, 1.165) is 23.9 Å². The molecular weight excluding hydrogens is 246 g/mol. The van der Waals surface area contributed by atoms with Gasteiger partial charge in [-0.1, -0.05) is 12.1 Å². The third-order valence-corrected chi connectivity index (χ3v) is 3.59. The van der Waals surface area contributed by atoms with Crippen molar-refractivity contribution in [1.29, 1.82) is 0 Å². The van der Waals surface area contributed by atoms with E-state index in [1.54, 1.807) is 0 Å². The molecule has 0 saturated heterocycles. The molecule has 1 atom stereocenters. The van der Waals surface area contributed by atoms with Crippen molar-refractivity contribution in [2.75, 3.05) is 7.11 Å². The zero-order chi connectivity index (χ0) is 13.4. The second-order valence-electron chi connectivity index (χ2n) is 4.92. The fourth-order valence-electron chi connectivity index (χ4n) is 2.55. The number of carboxylic acid groups (broad SMARTS) is 1. The van der Waals surface area contributed by atoms with Crippen LogP contribution in [0, 0.1) is 5.92 Å². The summed E-state index contributed by atoms with van der Waals surface area (Å²) in [6.07, 6.45) is 2.53. The summed E-state index contributed by atoms with van der Waals surface area (Å²) in [4.78, 5) is 15.3. The van der Waals surface area contributed by atoms with Crippen LogP contribution in [0.5, 0.6) is 6.08 Å². The number of benzene rings is 1. The molecule has 5 heteroatoms. The zero-order valence-electron chi connectivity index (χ0n) is 10.6. The molecule has 1 saturated carbocycles. The molecule has 1 heterocycles. The number of rotatable bonds is 5. The predicted molar refractivity (Wildman–Crippen MR) is 68.3 cm³/mol. The average molecular weight is 261 g/mol. The lowest BCUT2D eigenvalue weighted by molar-refractivity contribution is -0.137. The van der Waals surface area contributed by atoms with Crippen molar-refractivity contribution in [3.05, 3.63) is 23.8 Å². The van der Waals surface area contributed by atoms with Crippen LogP contribution in [0.2, 0.25) is 0 Å². The van der Waals surface area contributed by atoms with Gasteiger partial charge in [-0.25, -0.2) is 0 Å². The van der Waals surface area contributed by atoms with E-state index < -0.39 is 5.97 Å². The molecule has 2 aromatic rings. The van der Waals surface area contributed by atoms with Crippen molar-refractivity contribution >= 4 is 17.1 Å². The van der Waals surface area contributed by atoms with E-state index in [-0.39, 0.29) is 18.4 Å². The lowest BCUT2D eigenvalue weighted by Crippen LogP contribution is -2.08. The summed E-state index contributed by atoms with van der Waals surface area (Å²) >= 11 is 0. The molecule has 100 valence electrons. The van der Waals surface area contributed by atoms with E-state index in [0.29, 0.717) is 11.5 Å². The van der Waals surface area contributed by atoms with E-state index >= 15 is 0 Å². The van der Waals surface area contributed by atoms with Gasteiger partial charge in [-0.3, -0.25) is 4.79 Å². The molecule has 5 nitrogen and oxygen atoms in total. The highest BCUT2D eigenvalue weighted by Gasteiger charge is 2.35. The Balaban J connectivity index is 2.06. The number of aliphatic carboxylic acids is 1. The van der Waals surface area contributed by atoms with E-state index in [1.807, 2.05) is 18.2 Å². The minimum absolute atomic E-state index is 0.0102. The van der Waals surface area contributed by atoms with Gasteiger partial charge in [-0.15, -0.1) is 0 Å². The molecule has 19 heavy (non-hydrogen) atoms. The molecule has 0 spiro atoms. The van der Waals surface area contributed by atoms with Crippen LogP contribution in [0.15, 0.2) is 22.6 Å². The van der Waals surface area contributed by atoms with Gasteiger partial charge < -0.3 is 14.3 Å². The fraction of sp³-hybridized carbons (Fsp3) is 0.429. The number of ether oxygens (including phenoxy) is 1. The standard InChI is InChI=1S/C14H15NO4/c1-18-14-15-13-9(3-2-4-11(13)19-14)10(7-12(16)17)8-5-6-8/h2-4,8,10H,5-7H2,1H3,(H,16,17). The first-order valence-electron chi connectivity index (χ1n) is 6.34. The van der Waals surface area contributed by atoms with Crippen LogP contribution in [0.25, 0.3) is 11.1 Å². The maximum absolute atomic E-state index is 11.0. The number of fused-ring (bicyclic) bond motifs is 1. The third kappa shape index (κ3) is 2.28. The largest absolute Gasteiger partial charge is 0.481 e. The summed E-state index contributed by atoms with van der Waals surface area (Å²) in [5.74, 6) is -0.315. The van der Waals surface area contributed by atoms with Crippen LogP contribution < -0.4 is 4.74 Å². The highest BCUT2D eigenvalue weighted by atomic mass is 16.6. The van der Waals surface area contributed by atoms with Crippen LogP contribution in [-0.2, 0) is 4.79 Å². The molecule has 1 aliphatic rings. The minimum Gasteiger partial charge on any atom is -0.481 e. The SMILES string of the molecule is COc1nc2c(C(CC(=O)O)C3CC3)cccc2o1. The highest BCUT2D eigenvalue weighted by molar-refractivity contribution is 5.79. The number of carbonyl (C=O) groups is 1. The van der Waals surface area contributed by atoms with E-state index in [9.17, 15) is 4.79 Å². The monoisotopic (exact) mass is 261 g/mol. The molecule has 0 radical (unpaired) electrons. The first-order valence-corrected chi connectivity index (χ1v) is 6.34. The molecule has 1 aromatic heterocycles. The molecule has 1 aliphatic carbocycles. The van der Waals surface area contributed by atoms with Crippen LogP contribution in [0.4, 0.5) is 0 Å². The van der Waals surface area contributed by atoms with Crippen molar-refractivity contribution in [1.82, 2.24) is 4.98 Å². The van der Waals surface area contributed by atoms with Gasteiger partial charge in [0, 0.05) is 0 Å². The van der Waals surface area contributed by atoms with Crippen molar-refractivity contribution in [2.24, 2.45) is 5.92 Å². The first-order chi connectivity index (χ1) is 9.19. The number of nitrogens with zero attached hydrogens (tertiary/aromatic N) is 1. The van der Waals surface area contributed by atoms with E-state index in [1.165, 1.54) is 7.11 Å². The molecule has 1 fully saturated rings. The Bertz CT molecular complexity index is 615. The molecule has 0 amide bonds. The van der Waals surface area contributed by atoms with E-state index in [4.69, 9.17) is 14.3 Å². The van der Waals surface area contributed by atoms with Gasteiger partial charge in [-0.05, 0) is 36.3 Å². The Morgan fingerprint density at radius 1 is 1.58 bits per heavy atom. The summed E-state index contributed by atoms with van der Waals surface area (Å²) in [5, 5.41) is 9.08. The predicted octanol–water partition coefficient (Wildman–Crippen LogP) is 2.80. The normalized spacial score (nSPS) is 16.5. The highest BCUT2D eigenvalue weighted by Crippen LogP contribution is 2.46. The summed E-state index contributed by atoms with van der Waals surface area (Å²) < 4.78 is 10.4. The lowest BCUT2D eigenvalue weighted by atomic mass is 9.90. The average Bonchev–Trinajstić information content (AvgIpc) is 3.13. The number of methoxy groups -OCH3 is 1. The van der Waals surface area contributed by atoms with Gasteiger partial charge in [0.1, 0.15) is 5.52 Å². The number of aromatic nitrogens is 1. The van der Waals surface area contributed by atoms with Crippen LogP contribution in [-0.4, -0.2) is 23.2 Å². The lowest BCUT2D eigenvalue weighted by Gasteiger charge is -2.14. The summed E-state index contributed by atoms with van der Waals surface area (Å²) in [6, 6.07) is 5.63. The van der Waals surface area contributed by atoms with E-state index in [2.05, 4.69) is 4.98 Å². The second-order valence-corrected chi connectivity index (χ2v) is 4.92. The molecule has 1 unspecified atom stereocenters. The van der Waals surface area contributed by atoms with Gasteiger partial charge in [0.25, 0.3) is 0 Å². The first kappa shape index (κ1) is 12.0. The number of oxazole rings is 1. The summed E-state index contributed by atoms with van der Waals surface area (Å²) in [5.41, 5.74) is 2.32. The van der Waals surface area contributed by atoms with Gasteiger partial charge in [-0.2, -0.15) is 4.98 Å². The molecule has 0 bridgehead atoms. The Labute approximate surface area is 110 Å². The quantitative estimate of drug-likeness (QED) is 0.895. The number of para-hydroxylation sites is 1. The Kier molecular flexibility index (Phi) is 2.89. The molecule has 0 aliphatic heterocycles. The van der Waals surface area contributed by atoms with Gasteiger partial charge in [0.05, 0.1) is 13.5 Å². The maximum atomic E-state index is 11.0. The minimum atomic E-state index is -0.774. The maximum Gasteiger partial charge on any atom is 0.394 e. The fourth-order valence-corrected chi connectivity index (χ4v) is 2.55. The van der Waals surface area contributed by atoms with Gasteiger partial charge in [0.2, 0.25) is 0 Å². The number of hydrogen-bond donors (Lipinski definition) is 1. The molecular formula is C14H15NO4. The van der Waals surface area contributed by atoms with Gasteiger partial charge >= 0.3 is 12.0 Å². The van der Waals surface area contributed by atoms with Crippen LogP contribution >= 0.6 is 0 Å². The second kappa shape index (κ2) is 4.57. The number of hydrogen-bond acceptors (Lipinski definition) is 4. The summed E-state index contributed by atoms with van der Waals surface area (Å²) in [6.45, 7) is 0. The van der Waals surface area contributed by atoms with Crippen molar-refractivity contribution in [2.45, 2.75) is 25.2 Å². The Morgan fingerprint density at radius 3 is 3.00 bits per heavy atom. The third-order valence-electron chi connectivity index (χ3n) is 3.59. The smallest absolute Gasteiger partial charge is 0.394 e. The summed E-state index contributed by atoms with van der Waals surface area (Å²) in [7, 11) is 1.50. The topological polar surface area (TPSA) is 72.6 Å². The van der Waals surface area contributed by atoms with Crippen molar-refractivity contribution in [3.63, 3.8) is 0 Å². The van der Waals surface area contributed by atoms with Crippen LogP contribution in [0.1, 0.15) is 30.7 Å². The molecule has 1 N–H and O–H groups in total. The molecule has 3 rings (SSSR count).